The lowest BCUT2D eigenvalue weighted by atomic mass is 9.95. The van der Waals surface area contributed by atoms with Gasteiger partial charge in [-0.1, -0.05) is 12.1 Å². The van der Waals surface area contributed by atoms with Gasteiger partial charge in [0.15, 0.2) is 0 Å². The van der Waals surface area contributed by atoms with Crippen molar-refractivity contribution in [3.63, 3.8) is 0 Å². The summed E-state index contributed by atoms with van der Waals surface area (Å²) >= 11 is 0. The molecule has 0 saturated carbocycles. The smallest absolute Gasteiger partial charge is 0.248 e. The highest BCUT2D eigenvalue weighted by atomic mass is 16.5. The van der Waals surface area contributed by atoms with Gasteiger partial charge in [0.25, 0.3) is 0 Å². The van der Waals surface area contributed by atoms with Crippen LogP contribution in [0.1, 0.15) is 28.4 Å². The van der Waals surface area contributed by atoms with Gasteiger partial charge >= 0.3 is 0 Å². The highest BCUT2D eigenvalue weighted by Gasteiger charge is 2.31. The molecule has 1 atom stereocenters. The van der Waals surface area contributed by atoms with Crippen LogP contribution < -0.4 is 10.6 Å². The van der Waals surface area contributed by atoms with Crippen LogP contribution in [0.4, 0.5) is 5.95 Å². The molecule has 2 fully saturated rings. The van der Waals surface area contributed by atoms with E-state index >= 15 is 0 Å². The normalized spacial score (nSPS) is 19.2. The molecule has 1 aromatic heterocycles. The van der Waals surface area contributed by atoms with E-state index < -0.39 is 5.91 Å². The molecule has 2 aliphatic heterocycles. The summed E-state index contributed by atoms with van der Waals surface area (Å²) in [5.74, 6) is 0.388. The van der Waals surface area contributed by atoms with Crippen LogP contribution in [0, 0.1) is 0 Å². The van der Waals surface area contributed by atoms with Crippen LogP contribution in [0.3, 0.4) is 0 Å². The number of nitrogens with zero attached hydrogens (tertiary/aromatic N) is 5. The molecular formula is C23H30N6O3. The highest BCUT2D eigenvalue weighted by Crippen LogP contribution is 2.34. The number of hydrogen-bond acceptors (Lipinski definition) is 7. The Kier molecular flexibility index (Phi) is 6.66. The monoisotopic (exact) mass is 438 g/mol. The Hall–Kier alpha value is -3.04. The number of carbonyl (C=O) groups excluding carboxylic acids is 2. The average Bonchev–Trinajstić information content (AvgIpc) is 3.30. The van der Waals surface area contributed by atoms with E-state index in [0.29, 0.717) is 44.4 Å². The molecule has 1 aromatic carbocycles. The number of likely N-dealkylation sites (tertiary alicyclic amines) is 1. The Bertz CT molecular complexity index is 989. The van der Waals surface area contributed by atoms with E-state index in [1.807, 2.05) is 36.0 Å². The fourth-order valence-corrected chi connectivity index (χ4v) is 4.23. The van der Waals surface area contributed by atoms with Crippen LogP contribution in [-0.2, 0) is 9.53 Å². The van der Waals surface area contributed by atoms with Gasteiger partial charge in [-0.15, -0.1) is 0 Å². The Morgan fingerprint density at radius 3 is 2.72 bits per heavy atom. The van der Waals surface area contributed by atoms with Gasteiger partial charge in [-0.25, -0.2) is 9.97 Å². The predicted molar refractivity (Wildman–Crippen MR) is 122 cm³/mol. The second-order valence-corrected chi connectivity index (χ2v) is 8.52. The molecule has 0 aliphatic carbocycles. The van der Waals surface area contributed by atoms with Crippen LogP contribution in [0.2, 0.25) is 0 Å². The lowest BCUT2D eigenvalue weighted by molar-refractivity contribution is -0.132. The summed E-state index contributed by atoms with van der Waals surface area (Å²) in [7, 11) is 3.80. The third-order valence-corrected chi connectivity index (χ3v) is 6.05. The number of nitrogens with two attached hydrogens (primary N) is 1. The summed E-state index contributed by atoms with van der Waals surface area (Å²) in [6.45, 7) is 4.69. The molecule has 2 N–H and O–H groups in total. The van der Waals surface area contributed by atoms with Gasteiger partial charge in [-0.3, -0.25) is 14.5 Å². The maximum absolute atomic E-state index is 12.9. The van der Waals surface area contributed by atoms with Crippen molar-refractivity contribution in [3.05, 3.63) is 41.7 Å². The largest absolute Gasteiger partial charge is 0.379 e. The van der Waals surface area contributed by atoms with E-state index in [9.17, 15) is 9.59 Å². The molecule has 0 spiro atoms. The number of benzene rings is 1. The molecule has 9 heteroatoms. The molecule has 32 heavy (non-hydrogen) atoms. The van der Waals surface area contributed by atoms with Crippen molar-refractivity contribution in [1.82, 2.24) is 19.8 Å². The third-order valence-electron chi connectivity index (χ3n) is 6.05. The molecule has 2 amide bonds. The van der Waals surface area contributed by atoms with Crippen molar-refractivity contribution in [2.24, 2.45) is 5.73 Å². The summed E-state index contributed by atoms with van der Waals surface area (Å²) in [6, 6.07) is 7.21. The zero-order chi connectivity index (χ0) is 22.7. The van der Waals surface area contributed by atoms with Crippen molar-refractivity contribution in [2.45, 2.75) is 12.3 Å². The van der Waals surface area contributed by atoms with Gasteiger partial charge in [0.2, 0.25) is 17.8 Å². The van der Waals surface area contributed by atoms with Gasteiger partial charge in [-0.2, -0.15) is 0 Å². The van der Waals surface area contributed by atoms with Crippen LogP contribution in [-0.4, -0.2) is 91.6 Å². The van der Waals surface area contributed by atoms with E-state index in [1.54, 1.807) is 18.3 Å². The standard InChI is InChI=1S/C23H30N6O3/c1-27(2)23-25-13-19(16-4-3-5-17(12-16)22(24)31)21(26-23)18-6-7-29(14-18)20(30)15-28-8-10-32-11-9-28/h3-5,12-13,18H,6-11,14-15H2,1-2H3,(H2,24,31)/t18-/m1/s1. The second-order valence-electron chi connectivity index (χ2n) is 8.52. The third kappa shape index (κ3) is 4.89. The fraction of sp³-hybridized carbons (Fsp3) is 0.478. The van der Waals surface area contributed by atoms with E-state index in [4.69, 9.17) is 15.5 Å². The van der Waals surface area contributed by atoms with Crippen molar-refractivity contribution in [2.75, 3.05) is 64.9 Å². The van der Waals surface area contributed by atoms with Crippen LogP contribution in [0.25, 0.3) is 11.1 Å². The summed E-state index contributed by atoms with van der Waals surface area (Å²) < 4.78 is 5.38. The number of anilines is 1. The minimum absolute atomic E-state index is 0.0950. The fourth-order valence-electron chi connectivity index (χ4n) is 4.23. The number of rotatable bonds is 6. The van der Waals surface area contributed by atoms with E-state index in [0.717, 1.165) is 36.3 Å². The zero-order valence-electron chi connectivity index (χ0n) is 18.7. The van der Waals surface area contributed by atoms with Crippen LogP contribution in [0.15, 0.2) is 30.5 Å². The highest BCUT2D eigenvalue weighted by molar-refractivity contribution is 5.94. The quantitative estimate of drug-likeness (QED) is 0.716. The van der Waals surface area contributed by atoms with Gasteiger partial charge in [-0.05, 0) is 24.1 Å². The lowest BCUT2D eigenvalue weighted by Crippen LogP contribution is -2.44. The maximum Gasteiger partial charge on any atom is 0.248 e. The Labute approximate surface area is 188 Å². The summed E-state index contributed by atoms with van der Waals surface area (Å²) in [4.78, 5) is 39.9. The average molecular weight is 439 g/mol. The Morgan fingerprint density at radius 1 is 1.22 bits per heavy atom. The number of morpholine rings is 1. The summed E-state index contributed by atoms with van der Waals surface area (Å²) in [6.07, 6.45) is 2.64. The molecule has 4 rings (SSSR count). The molecular weight excluding hydrogens is 408 g/mol. The number of primary amides is 1. The molecule has 0 radical (unpaired) electrons. The predicted octanol–water partition coefficient (Wildman–Crippen LogP) is 0.957. The molecule has 9 nitrogen and oxygen atoms in total. The molecule has 3 heterocycles. The maximum atomic E-state index is 12.9. The molecule has 2 aliphatic rings. The van der Waals surface area contributed by atoms with E-state index in [2.05, 4.69) is 9.88 Å². The molecule has 2 saturated heterocycles. The minimum atomic E-state index is -0.472. The van der Waals surface area contributed by atoms with Crippen molar-refractivity contribution in [1.29, 1.82) is 0 Å². The number of ether oxygens (including phenoxy) is 1. The van der Waals surface area contributed by atoms with Gasteiger partial charge in [0.05, 0.1) is 25.5 Å². The van der Waals surface area contributed by atoms with Crippen molar-refractivity contribution >= 4 is 17.8 Å². The topological polar surface area (TPSA) is 105 Å². The molecule has 2 aromatic rings. The van der Waals surface area contributed by atoms with E-state index in [-0.39, 0.29) is 11.8 Å². The first-order chi connectivity index (χ1) is 15.4. The first-order valence-electron chi connectivity index (χ1n) is 10.9. The Morgan fingerprint density at radius 2 is 2.00 bits per heavy atom. The molecule has 0 unspecified atom stereocenters. The van der Waals surface area contributed by atoms with Crippen LogP contribution in [0.5, 0.6) is 0 Å². The van der Waals surface area contributed by atoms with Gasteiger partial charge < -0.3 is 20.3 Å². The Balaban J connectivity index is 1.58. The van der Waals surface area contributed by atoms with Gasteiger partial charge in [0.1, 0.15) is 0 Å². The number of carbonyl (C=O) groups is 2. The van der Waals surface area contributed by atoms with Gasteiger partial charge in [0, 0.05) is 63.5 Å². The minimum Gasteiger partial charge on any atom is -0.379 e. The number of amides is 2. The zero-order valence-corrected chi connectivity index (χ0v) is 18.7. The van der Waals surface area contributed by atoms with Crippen LogP contribution >= 0.6 is 0 Å². The van der Waals surface area contributed by atoms with E-state index in [1.165, 1.54) is 0 Å². The summed E-state index contributed by atoms with van der Waals surface area (Å²) in [5.41, 5.74) is 8.53. The molecule has 170 valence electrons. The van der Waals surface area contributed by atoms with Crippen molar-refractivity contribution < 1.29 is 14.3 Å². The van der Waals surface area contributed by atoms with Crippen molar-refractivity contribution in [3.8, 4) is 11.1 Å². The number of hydrogen-bond donors (Lipinski definition) is 1. The molecule has 0 bridgehead atoms. The summed E-state index contributed by atoms with van der Waals surface area (Å²) in [5, 5.41) is 0. The lowest BCUT2D eigenvalue weighted by Gasteiger charge is -2.28. The second kappa shape index (κ2) is 9.62. The SMILES string of the molecule is CN(C)c1ncc(-c2cccc(C(N)=O)c2)c([C@@H]2CCN(C(=O)CN3CCOCC3)C2)n1. The first kappa shape index (κ1) is 22.2. The number of aromatic nitrogens is 2. The first-order valence-corrected chi connectivity index (χ1v) is 10.9.